The van der Waals surface area contributed by atoms with E-state index >= 15 is 0 Å². The molecule has 19 heavy (non-hydrogen) atoms. The number of anilines is 1. The number of primary amides is 1. The number of nitrogens with zero attached hydrogens (tertiary/aromatic N) is 1. The molecule has 0 aliphatic carbocycles. The van der Waals surface area contributed by atoms with E-state index in [0.29, 0.717) is 6.42 Å². The third-order valence-corrected chi connectivity index (χ3v) is 5.56. The first-order valence-corrected chi connectivity index (χ1v) is 7.49. The molecule has 104 valence electrons. The van der Waals surface area contributed by atoms with Crippen molar-refractivity contribution < 1.29 is 13.2 Å². The van der Waals surface area contributed by atoms with Crippen molar-refractivity contribution >= 4 is 33.2 Å². The van der Waals surface area contributed by atoms with Crippen LogP contribution in [-0.4, -0.2) is 31.7 Å². The van der Waals surface area contributed by atoms with Gasteiger partial charge in [-0.05, 0) is 18.6 Å². The highest BCUT2D eigenvalue weighted by Gasteiger charge is 2.36. The van der Waals surface area contributed by atoms with E-state index in [2.05, 4.69) is 0 Å². The van der Waals surface area contributed by atoms with E-state index in [9.17, 15) is 13.2 Å². The quantitative estimate of drug-likeness (QED) is 0.789. The molecule has 0 saturated carbocycles. The fourth-order valence-corrected chi connectivity index (χ4v) is 4.24. The van der Waals surface area contributed by atoms with Crippen molar-refractivity contribution in [1.82, 2.24) is 4.31 Å². The van der Waals surface area contributed by atoms with Crippen molar-refractivity contribution in [3.05, 3.63) is 23.2 Å². The van der Waals surface area contributed by atoms with Crippen molar-refractivity contribution in [3.63, 3.8) is 0 Å². The normalized spacial score (nSPS) is 20.6. The number of halogens is 1. The topological polar surface area (TPSA) is 106 Å². The lowest BCUT2D eigenvalue weighted by molar-refractivity contribution is -0.121. The van der Waals surface area contributed by atoms with Crippen LogP contribution in [0.25, 0.3) is 0 Å². The molecule has 1 fully saturated rings. The molecule has 1 heterocycles. The summed E-state index contributed by atoms with van der Waals surface area (Å²) in [6.07, 6.45) is 0.416. The van der Waals surface area contributed by atoms with E-state index in [4.69, 9.17) is 23.1 Å². The Morgan fingerprint density at radius 3 is 2.63 bits per heavy atom. The van der Waals surface area contributed by atoms with Crippen LogP contribution in [0, 0.1) is 5.92 Å². The summed E-state index contributed by atoms with van der Waals surface area (Å²) < 4.78 is 26.1. The summed E-state index contributed by atoms with van der Waals surface area (Å²) in [6, 6.07) is 4.51. The van der Waals surface area contributed by atoms with E-state index in [0.717, 1.165) is 0 Å². The average molecular weight is 304 g/mol. The van der Waals surface area contributed by atoms with Crippen molar-refractivity contribution in [2.24, 2.45) is 11.7 Å². The highest BCUT2D eigenvalue weighted by molar-refractivity contribution is 7.89. The highest BCUT2D eigenvalue weighted by atomic mass is 35.5. The minimum Gasteiger partial charge on any atom is -0.398 e. The number of amides is 1. The van der Waals surface area contributed by atoms with Gasteiger partial charge in [0.1, 0.15) is 4.90 Å². The molecule has 1 atom stereocenters. The van der Waals surface area contributed by atoms with Gasteiger partial charge in [-0.25, -0.2) is 8.42 Å². The predicted molar refractivity (Wildman–Crippen MR) is 71.9 cm³/mol. The van der Waals surface area contributed by atoms with Gasteiger partial charge in [-0.1, -0.05) is 17.7 Å². The second-order valence-electron chi connectivity index (χ2n) is 4.41. The van der Waals surface area contributed by atoms with Gasteiger partial charge in [0.25, 0.3) is 0 Å². The Hall–Kier alpha value is -1.31. The molecule has 1 amide bonds. The molecule has 1 unspecified atom stereocenters. The summed E-state index contributed by atoms with van der Waals surface area (Å²) >= 11 is 5.91. The molecule has 4 N–H and O–H groups in total. The zero-order chi connectivity index (χ0) is 14.2. The minimum absolute atomic E-state index is 0.0718. The number of benzene rings is 1. The maximum absolute atomic E-state index is 12.5. The summed E-state index contributed by atoms with van der Waals surface area (Å²) in [6.45, 7) is 0.308. The first-order valence-electron chi connectivity index (χ1n) is 5.67. The lowest BCUT2D eigenvalue weighted by atomic mass is 10.1. The van der Waals surface area contributed by atoms with Crippen LogP contribution in [0.1, 0.15) is 6.42 Å². The summed E-state index contributed by atoms with van der Waals surface area (Å²) in [5.41, 5.74) is 11.0. The van der Waals surface area contributed by atoms with Gasteiger partial charge in [-0.2, -0.15) is 4.31 Å². The molecule has 0 spiro atoms. The van der Waals surface area contributed by atoms with E-state index in [1.54, 1.807) is 6.07 Å². The van der Waals surface area contributed by atoms with E-state index in [1.165, 1.54) is 16.4 Å². The molecule has 1 aliphatic rings. The van der Waals surface area contributed by atoms with Crippen molar-refractivity contribution in [3.8, 4) is 0 Å². The molecule has 2 rings (SSSR count). The summed E-state index contributed by atoms with van der Waals surface area (Å²) in [7, 11) is -3.80. The number of nitrogen functional groups attached to an aromatic ring is 1. The molecular weight excluding hydrogens is 290 g/mol. The van der Waals surface area contributed by atoms with Gasteiger partial charge in [0.2, 0.25) is 15.9 Å². The van der Waals surface area contributed by atoms with Gasteiger partial charge >= 0.3 is 0 Å². The monoisotopic (exact) mass is 303 g/mol. The van der Waals surface area contributed by atoms with Crippen molar-refractivity contribution in [2.75, 3.05) is 18.8 Å². The van der Waals surface area contributed by atoms with Gasteiger partial charge in [0.15, 0.2) is 0 Å². The van der Waals surface area contributed by atoms with Gasteiger partial charge in [0.05, 0.1) is 16.6 Å². The van der Waals surface area contributed by atoms with Crippen LogP contribution < -0.4 is 11.5 Å². The fraction of sp³-hybridized carbons (Fsp3) is 0.364. The summed E-state index contributed by atoms with van der Waals surface area (Å²) in [5, 5.41) is 0.0718. The van der Waals surface area contributed by atoms with Crippen LogP contribution >= 0.6 is 11.6 Å². The second kappa shape index (κ2) is 4.99. The van der Waals surface area contributed by atoms with Crippen molar-refractivity contribution in [2.45, 2.75) is 11.3 Å². The smallest absolute Gasteiger partial charge is 0.246 e. The molecule has 1 aliphatic heterocycles. The fourth-order valence-electron chi connectivity index (χ4n) is 2.11. The summed E-state index contributed by atoms with van der Waals surface area (Å²) in [5.74, 6) is -0.955. The number of nitrogens with two attached hydrogens (primary N) is 2. The lowest BCUT2D eigenvalue weighted by Gasteiger charge is -2.18. The Labute approximate surface area is 116 Å². The third kappa shape index (κ3) is 2.54. The van der Waals surface area contributed by atoms with Gasteiger partial charge < -0.3 is 11.5 Å². The lowest BCUT2D eigenvalue weighted by Crippen LogP contribution is -2.32. The Kier molecular flexibility index (Phi) is 3.71. The SMILES string of the molecule is NC(=O)C1CCN(S(=O)(=O)c2c(N)cccc2Cl)C1. The Bertz CT molecular complexity index is 597. The molecule has 6 nitrogen and oxygen atoms in total. The highest BCUT2D eigenvalue weighted by Crippen LogP contribution is 2.32. The predicted octanol–water partition coefficient (Wildman–Crippen LogP) is 0.418. The zero-order valence-electron chi connectivity index (χ0n) is 10.0. The van der Waals surface area contributed by atoms with Gasteiger partial charge in [0, 0.05) is 13.1 Å². The largest absolute Gasteiger partial charge is 0.398 e. The van der Waals surface area contributed by atoms with Crippen LogP contribution in [0.15, 0.2) is 23.1 Å². The second-order valence-corrected chi connectivity index (χ2v) is 6.69. The standard InChI is InChI=1S/C11H14ClN3O3S/c12-8-2-1-3-9(13)10(8)19(17,18)15-5-4-7(6-15)11(14)16/h1-3,7H,4-6,13H2,(H2,14,16). The molecule has 0 bridgehead atoms. The minimum atomic E-state index is -3.80. The molecular formula is C11H14ClN3O3S. The molecule has 1 saturated heterocycles. The van der Waals surface area contributed by atoms with E-state index < -0.39 is 21.8 Å². The number of hydrogen-bond acceptors (Lipinski definition) is 4. The third-order valence-electron chi connectivity index (χ3n) is 3.15. The first kappa shape index (κ1) is 14.1. The van der Waals surface area contributed by atoms with Crippen LogP contribution in [0.4, 0.5) is 5.69 Å². The summed E-state index contributed by atoms with van der Waals surface area (Å²) in [4.78, 5) is 11.0. The van der Waals surface area contributed by atoms with E-state index in [-0.39, 0.29) is 28.7 Å². The Morgan fingerprint density at radius 1 is 1.42 bits per heavy atom. The number of sulfonamides is 1. The zero-order valence-corrected chi connectivity index (χ0v) is 11.6. The maximum atomic E-state index is 12.5. The number of rotatable bonds is 3. The van der Waals surface area contributed by atoms with E-state index in [1.807, 2.05) is 0 Å². The van der Waals surface area contributed by atoms with Crippen LogP contribution in [0.2, 0.25) is 5.02 Å². The Balaban J connectivity index is 2.37. The number of carbonyl (C=O) groups is 1. The number of hydrogen-bond donors (Lipinski definition) is 2. The van der Waals surface area contributed by atoms with Crippen LogP contribution in [0.3, 0.4) is 0 Å². The molecule has 0 aromatic heterocycles. The molecule has 1 aromatic rings. The van der Waals surface area contributed by atoms with Crippen molar-refractivity contribution in [1.29, 1.82) is 0 Å². The maximum Gasteiger partial charge on any atom is 0.246 e. The first-order chi connectivity index (χ1) is 8.84. The average Bonchev–Trinajstić information content (AvgIpc) is 2.78. The number of carbonyl (C=O) groups excluding carboxylic acids is 1. The van der Waals surface area contributed by atoms with Gasteiger partial charge in [-0.3, -0.25) is 4.79 Å². The molecule has 0 radical (unpaired) electrons. The van der Waals surface area contributed by atoms with Crippen LogP contribution in [0.5, 0.6) is 0 Å². The molecule has 8 heteroatoms. The van der Waals surface area contributed by atoms with Crippen LogP contribution in [-0.2, 0) is 14.8 Å². The Morgan fingerprint density at radius 2 is 2.11 bits per heavy atom. The van der Waals surface area contributed by atoms with Gasteiger partial charge in [-0.15, -0.1) is 0 Å². The molecule has 1 aromatic carbocycles.